The first-order valence-electron chi connectivity index (χ1n) is 7.37. The van der Waals surface area contributed by atoms with E-state index in [2.05, 4.69) is 6.58 Å². The van der Waals surface area contributed by atoms with Crippen molar-refractivity contribution in [2.75, 3.05) is 6.61 Å². The van der Waals surface area contributed by atoms with Crippen molar-refractivity contribution in [2.24, 2.45) is 10.8 Å². The van der Waals surface area contributed by atoms with Gasteiger partial charge in [0.05, 0.1) is 10.8 Å². The van der Waals surface area contributed by atoms with Crippen LogP contribution in [0.2, 0.25) is 0 Å². The highest BCUT2D eigenvalue weighted by molar-refractivity contribution is 6.26. The van der Waals surface area contributed by atoms with Gasteiger partial charge < -0.3 is 4.74 Å². The Morgan fingerprint density at radius 3 is 2.09 bits per heavy atom. The number of allylic oxidation sites excluding steroid dienone is 1. The zero-order chi connectivity index (χ0) is 16.5. The van der Waals surface area contributed by atoms with E-state index >= 15 is 0 Å². The van der Waals surface area contributed by atoms with Gasteiger partial charge in [0.15, 0.2) is 11.6 Å². The van der Waals surface area contributed by atoms with Crippen molar-refractivity contribution in [3.8, 4) is 5.75 Å². The molecule has 1 aromatic rings. The van der Waals surface area contributed by atoms with E-state index in [9.17, 15) is 9.59 Å². The van der Waals surface area contributed by atoms with Crippen molar-refractivity contribution in [1.29, 1.82) is 0 Å². The molecule has 0 spiro atoms. The molecule has 0 radical (unpaired) electrons. The molecule has 0 N–H and O–H groups in total. The van der Waals surface area contributed by atoms with Crippen molar-refractivity contribution >= 4 is 17.6 Å². The monoisotopic (exact) mass is 298 g/mol. The van der Waals surface area contributed by atoms with Crippen molar-refractivity contribution in [3.05, 3.63) is 48.1 Å². The van der Waals surface area contributed by atoms with Gasteiger partial charge in [0.1, 0.15) is 12.4 Å². The third-order valence-corrected chi connectivity index (χ3v) is 4.18. The molecule has 2 rings (SSSR count). The van der Waals surface area contributed by atoms with Crippen LogP contribution in [0, 0.1) is 10.8 Å². The van der Waals surface area contributed by atoms with Crippen LogP contribution in [0.4, 0.5) is 0 Å². The lowest BCUT2D eigenvalue weighted by molar-refractivity contribution is -0.135. The Kier molecular flexibility index (Phi) is 4.10. The second-order valence-electron chi connectivity index (χ2n) is 6.63. The van der Waals surface area contributed by atoms with Gasteiger partial charge in [-0.2, -0.15) is 0 Å². The number of hydrogen-bond acceptors (Lipinski definition) is 3. The summed E-state index contributed by atoms with van der Waals surface area (Å²) in [4.78, 5) is 25.0. The average molecular weight is 298 g/mol. The number of carbonyl (C=O) groups is 2. The lowest BCUT2D eigenvalue weighted by Gasteiger charge is -2.18. The van der Waals surface area contributed by atoms with E-state index in [1.807, 2.05) is 44.2 Å². The van der Waals surface area contributed by atoms with E-state index in [-0.39, 0.29) is 11.6 Å². The number of Topliss-reactive ketones (excluding diaryl/α,β-unsaturated/α-hetero) is 2. The van der Waals surface area contributed by atoms with Crippen LogP contribution < -0.4 is 4.74 Å². The van der Waals surface area contributed by atoms with Gasteiger partial charge in [0.25, 0.3) is 0 Å². The highest BCUT2D eigenvalue weighted by Crippen LogP contribution is 2.47. The Morgan fingerprint density at radius 1 is 1.05 bits per heavy atom. The van der Waals surface area contributed by atoms with Gasteiger partial charge in [0.2, 0.25) is 0 Å². The molecular weight excluding hydrogens is 276 g/mol. The first-order chi connectivity index (χ1) is 10.2. The van der Waals surface area contributed by atoms with Crippen LogP contribution in [0.15, 0.2) is 42.5 Å². The topological polar surface area (TPSA) is 43.4 Å². The molecule has 116 valence electrons. The zero-order valence-electron chi connectivity index (χ0n) is 13.6. The maximum atomic E-state index is 12.5. The lowest BCUT2D eigenvalue weighted by atomic mass is 9.81. The summed E-state index contributed by atoms with van der Waals surface area (Å²) in [6.45, 7) is 11.1. The molecule has 1 aliphatic rings. The largest absolute Gasteiger partial charge is 0.490 e. The van der Waals surface area contributed by atoms with Crippen molar-refractivity contribution in [1.82, 2.24) is 0 Å². The summed E-state index contributed by atoms with van der Waals surface area (Å²) in [6, 6.07) is 7.44. The van der Waals surface area contributed by atoms with E-state index in [1.54, 1.807) is 19.9 Å². The second kappa shape index (κ2) is 5.56. The fourth-order valence-electron chi connectivity index (χ4n) is 2.86. The molecular formula is C19H22O3. The molecule has 1 saturated carbocycles. The third kappa shape index (κ3) is 2.63. The second-order valence-corrected chi connectivity index (χ2v) is 6.63. The van der Waals surface area contributed by atoms with Gasteiger partial charge >= 0.3 is 0 Å². The fourth-order valence-corrected chi connectivity index (χ4v) is 2.86. The summed E-state index contributed by atoms with van der Waals surface area (Å²) < 4.78 is 5.43. The van der Waals surface area contributed by atoms with E-state index in [1.165, 1.54) is 0 Å². The van der Waals surface area contributed by atoms with E-state index in [0.29, 0.717) is 12.2 Å². The number of rotatable bonds is 4. The minimum atomic E-state index is -0.942. The molecule has 1 fully saturated rings. The van der Waals surface area contributed by atoms with Crippen LogP contribution in [0.5, 0.6) is 5.75 Å². The molecule has 0 aromatic heterocycles. The lowest BCUT2D eigenvalue weighted by Crippen LogP contribution is -2.29. The molecule has 1 aliphatic carbocycles. The number of carbonyl (C=O) groups excluding carboxylic acids is 2. The molecule has 0 heterocycles. The van der Waals surface area contributed by atoms with E-state index in [4.69, 9.17) is 4.74 Å². The summed E-state index contributed by atoms with van der Waals surface area (Å²) in [5, 5.41) is 0. The molecule has 0 amide bonds. The Morgan fingerprint density at radius 2 is 1.64 bits per heavy atom. The molecule has 3 heteroatoms. The van der Waals surface area contributed by atoms with E-state index in [0.717, 1.165) is 11.3 Å². The SMILES string of the molecule is C=CCOc1ccc(C=C2C(=O)C(C)(C)C(=O)C2(C)C)cc1. The van der Waals surface area contributed by atoms with Gasteiger partial charge in [-0.3, -0.25) is 9.59 Å². The molecule has 1 aromatic carbocycles. The number of ketones is 2. The maximum Gasteiger partial charge on any atom is 0.172 e. The molecule has 0 saturated heterocycles. The van der Waals surface area contributed by atoms with E-state index < -0.39 is 10.8 Å². The highest BCUT2D eigenvalue weighted by atomic mass is 16.5. The van der Waals surface area contributed by atoms with Crippen LogP contribution in [0.25, 0.3) is 6.08 Å². The standard InChI is InChI=1S/C19H22O3/c1-6-11-22-14-9-7-13(8-10-14)12-15-16(20)19(4,5)17(21)18(15,2)3/h6-10,12H,1,11H2,2-5H3. The molecule has 0 bridgehead atoms. The molecule has 22 heavy (non-hydrogen) atoms. The summed E-state index contributed by atoms with van der Waals surface area (Å²) in [6.07, 6.45) is 3.50. The minimum absolute atomic E-state index is 0.0258. The van der Waals surface area contributed by atoms with Gasteiger partial charge in [-0.15, -0.1) is 0 Å². The summed E-state index contributed by atoms with van der Waals surface area (Å²) >= 11 is 0. The van der Waals surface area contributed by atoms with Crippen LogP contribution in [0.3, 0.4) is 0 Å². The summed E-state index contributed by atoms with van der Waals surface area (Å²) in [5.74, 6) is 0.632. The van der Waals surface area contributed by atoms with Gasteiger partial charge in [0, 0.05) is 5.57 Å². The Bertz CT molecular complexity index is 646. The normalized spacial score (nSPS) is 21.2. The van der Waals surface area contributed by atoms with Crippen LogP contribution >= 0.6 is 0 Å². The smallest absolute Gasteiger partial charge is 0.172 e. The Hall–Kier alpha value is -2.16. The molecule has 0 atom stereocenters. The molecule has 0 aliphatic heterocycles. The average Bonchev–Trinajstić information content (AvgIpc) is 2.59. The maximum absolute atomic E-state index is 12.5. The minimum Gasteiger partial charge on any atom is -0.490 e. The Labute approximate surface area is 131 Å². The van der Waals surface area contributed by atoms with Crippen LogP contribution in [0.1, 0.15) is 33.3 Å². The van der Waals surface area contributed by atoms with Crippen molar-refractivity contribution in [3.63, 3.8) is 0 Å². The number of ether oxygens (including phenoxy) is 1. The van der Waals surface area contributed by atoms with Crippen molar-refractivity contribution in [2.45, 2.75) is 27.7 Å². The quantitative estimate of drug-likeness (QED) is 0.482. The van der Waals surface area contributed by atoms with Gasteiger partial charge in [-0.1, -0.05) is 24.8 Å². The first-order valence-corrected chi connectivity index (χ1v) is 7.37. The van der Waals surface area contributed by atoms with Gasteiger partial charge in [-0.05, 0) is 51.5 Å². The van der Waals surface area contributed by atoms with Crippen LogP contribution in [-0.4, -0.2) is 18.2 Å². The third-order valence-electron chi connectivity index (χ3n) is 4.18. The summed E-state index contributed by atoms with van der Waals surface area (Å²) in [5.41, 5.74) is -0.240. The number of hydrogen-bond donors (Lipinski definition) is 0. The van der Waals surface area contributed by atoms with Gasteiger partial charge in [-0.25, -0.2) is 0 Å². The highest BCUT2D eigenvalue weighted by Gasteiger charge is 2.55. The number of benzene rings is 1. The predicted octanol–water partition coefficient (Wildman–Crippen LogP) is 3.84. The fraction of sp³-hybridized carbons (Fsp3) is 0.368. The predicted molar refractivity (Wildman–Crippen MR) is 87.7 cm³/mol. The molecule has 0 unspecified atom stereocenters. The first kappa shape index (κ1) is 16.2. The molecule has 3 nitrogen and oxygen atoms in total. The summed E-state index contributed by atoms with van der Waals surface area (Å²) in [7, 11) is 0. The zero-order valence-corrected chi connectivity index (χ0v) is 13.6. The Balaban J connectivity index is 2.34. The van der Waals surface area contributed by atoms with Crippen LogP contribution in [-0.2, 0) is 9.59 Å². The van der Waals surface area contributed by atoms with Crippen molar-refractivity contribution < 1.29 is 14.3 Å².